The second kappa shape index (κ2) is 3.44. The van der Waals surface area contributed by atoms with Crippen molar-refractivity contribution in [1.82, 2.24) is 0 Å². The minimum absolute atomic E-state index is 0.255. The SMILES string of the molecule is Cc1c(Cl)cc(F)cc1C(C)C. The quantitative estimate of drug-likeness (QED) is 0.624. The molecule has 0 bridgehead atoms. The van der Waals surface area contributed by atoms with E-state index in [9.17, 15) is 4.39 Å². The van der Waals surface area contributed by atoms with Gasteiger partial charge in [-0.1, -0.05) is 25.4 Å². The first-order chi connectivity index (χ1) is 5.52. The van der Waals surface area contributed by atoms with Crippen LogP contribution in [0, 0.1) is 12.7 Å². The second-order valence-electron chi connectivity index (χ2n) is 3.26. The third-order valence-electron chi connectivity index (χ3n) is 1.97. The van der Waals surface area contributed by atoms with Crippen molar-refractivity contribution in [3.05, 3.63) is 34.1 Å². The van der Waals surface area contributed by atoms with E-state index < -0.39 is 0 Å². The summed E-state index contributed by atoms with van der Waals surface area (Å²) in [7, 11) is 0. The molecule has 0 radical (unpaired) electrons. The minimum Gasteiger partial charge on any atom is -0.207 e. The molecule has 0 heterocycles. The van der Waals surface area contributed by atoms with E-state index in [4.69, 9.17) is 11.6 Å². The maximum absolute atomic E-state index is 12.9. The second-order valence-corrected chi connectivity index (χ2v) is 3.66. The van der Waals surface area contributed by atoms with E-state index in [-0.39, 0.29) is 5.82 Å². The molecular formula is C10H12ClF. The summed E-state index contributed by atoms with van der Waals surface area (Å²) in [5, 5.41) is 0.513. The van der Waals surface area contributed by atoms with Gasteiger partial charge in [-0.15, -0.1) is 0 Å². The number of benzene rings is 1. The van der Waals surface area contributed by atoms with Gasteiger partial charge >= 0.3 is 0 Å². The summed E-state index contributed by atoms with van der Waals surface area (Å²) < 4.78 is 12.9. The summed E-state index contributed by atoms with van der Waals surface area (Å²) in [4.78, 5) is 0. The first kappa shape index (κ1) is 9.53. The van der Waals surface area contributed by atoms with Gasteiger partial charge in [0.05, 0.1) is 0 Å². The predicted octanol–water partition coefficient (Wildman–Crippen LogP) is 3.91. The molecule has 0 N–H and O–H groups in total. The van der Waals surface area contributed by atoms with Gasteiger partial charge in [0.2, 0.25) is 0 Å². The summed E-state index contributed by atoms with van der Waals surface area (Å²) in [5.74, 6) is 0.0625. The van der Waals surface area contributed by atoms with Crippen LogP contribution >= 0.6 is 11.6 Å². The molecular weight excluding hydrogens is 175 g/mol. The standard InChI is InChI=1S/C10H12ClF/c1-6(2)9-4-8(12)5-10(11)7(9)3/h4-6H,1-3H3. The van der Waals surface area contributed by atoms with Crippen LogP contribution in [0.5, 0.6) is 0 Å². The molecule has 12 heavy (non-hydrogen) atoms. The van der Waals surface area contributed by atoms with Crippen molar-refractivity contribution < 1.29 is 4.39 Å². The lowest BCUT2D eigenvalue weighted by atomic mass is 9.98. The molecule has 0 aliphatic heterocycles. The van der Waals surface area contributed by atoms with Crippen LogP contribution in [0.3, 0.4) is 0 Å². The van der Waals surface area contributed by atoms with Crippen molar-refractivity contribution in [1.29, 1.82) is 0 Å². The van der Waals surface area contributed by atoms with Crippen LogP contribution in [-0.4, -0.2) is 0 Å². The smallest absolute Gasteiger partial charge is 0.124 e. The third-order valence-corrected chi connectivity index (χ3v) is 2.36. The Balaban J connectivity index is 3.28. The Hall–Kier alpha value is -0.560. The van der Waals surface area contributed by atoms with Crippen molar-refractivity contribution in [2.75, 3.05) is 0 Å². The fraction of sp³-hybridized carbons (Fsp3) is 0.400. The maximum atomic E-state index is 12.9. The zero-order chi connectivity index (χ0) is 9.30. The Bertz CT molecular complexity index is 292. The first-order valence-electron chi connectivity index (χ1n) is 3.98. The molecule has 0 saturated heterocycles. The highest BCUT2D eigenvalue weighted by molar-refractivity contribution is 6.31. The van der Waals surface area contributed by atoms with Gasteiger partial charge in [-0.2, -0.15) is 0 Å². The van der Waals surface area contributed by atoms with Crippen LogP contribution in [0.25, 0.3) is 0 Å². The largest absolute Gasteiger partial charge is 0.207 e. The third kappa shape index (κ3) is 1.78. The molecule has 0 saturated carbocycles. The van der Waals surface area contributed by atoms with Gasteiger partial charge in [-0.05, 0) is 36.1 Å². The Morgan fingerprint density at radius 1 is 1.33 bits per heavy atom. The number of halogens is 2. The predicted molar refractivity (Wildman–Crippen MR) is 50.2 cm³/mol. The van der Waals surface area contributed by atoms with Gasteiger partial charge in [0.1, 0.15) is 5.82 Å². The Labute approximate surface area is 77.4 Å². The van der Waals surface area contributed by atoms with Gasteiger partial charge < -0.3 is 0 Å². The lowest BCUT2D eigenvalue weighted by molar-refractivity contribution is 0.622. The van der Waals surface area contributed by atoms with Crippen LogP contribution in [0.1, 0.15) is 30.9 Å². The van der Waals surface area contributed by atoms with Gasteiger partial charge in [0, 0.05) is 5.02 Å². The zero-order valence-corrected chi connectivity index (χ0v) is 8.24. The Kier molecular flexibility index (Phi) is 2.73. The average molecular weight is 187 g/mol. The molecule has 1 rings (SSSR count). The monoisotopic (exact) mass is 186 g/mol. The van der Waals surface area contributed by atoms with Crippen LogP contribution in [-0.2, 0) is 0 Å². The van der Waals surface area contributed by atoms with Crippen molar-refractivity contribution in [2.45, 2.75) is 26.7 Å². The van der Waals surface area contributed by atoms with E-state index in [1.165, 1.54) is 6.07 Å². The maximum Gasteiger partial charge on any atom is 0.124 e. The number of rotatable bonds is 1. The van der Waals surface area contributed by atoms with Crippen LogP contribution in [0.2, 0.25) is 5.02 Å². The highest BCUT2D eigenvalue weighted by Crippen LogP contribution is 2.26. The summed E-state index contributed by atoms with van der Waals surface area (Å²) in [6.45, 7) is 5.97. The summed E-state index contributed by atoms with van der Waals surface area (Å²) >= 11 is 5.82. The van der Waals surface area contributed by atoms with Crippen molar-refractivity contribution in [2.24, 2.45) is 0 Å². The lowest BCUT2D eigenvalue weighted by Crippen LogP contribution is -1.94. The van der Waals surface area contributed by atoms with Crippen molar-refractivity contribution in [3.63, 3.8) is 0 Å². The fourth-order valence-corrected chi connectivity index (χ4v) is 1.48. The molecule has 1 aromatic rings. The highest BCUT2D eigenvalue weighted by atomic mass is 35.5. The van der Waals surface area contributed by atoms with Crippen LogP contribution < -0.4 is 0 Å². The van der Waals surface area contributed by atoms with Crippen LogP contribution in [0.15, 0.2) is 12.1 Å². The Morgan fingerprint density at radius 3 is 2.42 bits per heavy atom. The Morgan fingerprint density at radius 2 is 1.92 bits per heavy atom. The van der Waals surface area contributed by atoms with Crippen molar-refractivity contribution >= 4 is 11.6 Å². The van der Waals surface area contributed by atoms with Crippen LogP contribution in [0.4, 0.5) is 4.39 Å². The molecule has 0 fully saturated rings. The van der Waals surface area contributed by atoms with Gasteiger partial charge in [0.15, 0.2) is 0 Å². The highest BCUT2D eigenvalue weighted by Gasteiger charge is 2.08. The molecule has 0 atom stereocenters. The van der Waals surface area contributed by atoms with E-state index in [1.54, 1.807) is 6.07 Å². The molecule has 0 spiro atoms. The van der Waals surface area contributed by atoms with Crippen molar-refractivity contribution in [3.8, 4) is 0 Å². The number of hydrogen-bond acceptors (Lipinski definition) is 0. The minimum atomic E-state index is -0.255. The summed E-state index contributed by atoms with van der Waals surface area (Å²) in [5.41, 5.74) is 1.97. The summed E-state index contributed by atoms with van der Waals surface area (Å²) in [6.07, 6.45) is 0. The van der Waals surface area contributed by atoms with E-state index in [2.05, 4.69) is 0 Å². The molecule has 2 heteroatoms. The van der Waals surface area contributed by atoms with Gasteiger partial charge in [-0.3, -0.25) is 0 Å². The zero-order valence-electron chi connectivity index (χ0n) is 7.49. The van der Waals surface area contributed by atoms with E-state index >= 15 is 0 Å². The molecule has 0 aliphatic rings. The van der Waals surface area contributed by atoms with E-state index in [0.717, 1.165) is 11.1 Å². The molecule has 0 aromatic heterocycles. The fourth-order valence-electron chi connectivity index (χ4n) is 1.27. The molecule has 0 unspecified atom stereocenters. The normalized spacial score (nSPS) is 10.8. The topological polar surface area (TPSA) is 0 Å². The first-order valence-corrected chi connectivity index (χ1v) is 4.35. The van der Waals surface area contributed by atoms with E-state index in [1.807, 2.05) is 20.8 Å². The molecule has 1 aromatic carbocycles. The molecule has 0 nitrogen and oxygen atoms in total. The summed E-state index contributed by atoms with van der Waals surface area (Å²) in [6, 6.07) is 2.90. The number of hydrogen-bond donors (Lipinski definition) is 0. The molecule has 66 valence electrons. The van der Waals surface area contributed by atoms with Gasteiger partial charge in [0.25, 0.3) is 0 Å². The molecule has 0 amide bonds. The lowest BCUT2D eigenvalue weighted by Gasteiger charge is -2.10. The molecule has 0 aliphatic carbocycles. The average Bonchev–Trinajstić information content (AvgIpc) is 1.96. The van der Waals surface area contributed by atoms with E-state index in [0.29, 0.717) is 10.9 Å². The van der Waals surface area contributed by atoms with Gasteiger partial charge in [-0.25, -0.2) is 4.39 Å².